The lowest BCUT2D eigenvalue weighted by Crippen LogP contribution is -2.28. The largest absolute Gasteiger partial charge is 0.333 e. The van der Waals surface area contributed by atoms with E-state index in [1.54, 1.807) is 0 Å². The van der Waals surface area contributed by atoms with Gasteiger partial charge in [-0.25, -0.2) is 14.2 Å². The number of aryl methyl sites for hydroxylation is 1. The first-order chi connectivity index (χ1) is 12.0. The molecular formula is C18H15ClFN3OS. The summed E-state index contributed by atoms with van der Waals surface area (Å²) in [6.07, 6.45) is 0. The molecule has 0 saturated carbocycles. The third kappa shape index (κ3) is 4.35. The summed E-state index contributed by atoms with van der Waals surface area (Å²) in [7, 11) is 0. The molecule has 2 aromatic carbocycles. The lowest BCUT2D eigenvalue weighted by Gasteiger charge is -2.06. The fourth-order valence-corrected chi connectivity index (χ4v) is 3.53. The zero-order valence-electron chi connectivity index (χ0n) is 13.3. The first-order valence-corrected chi connectivity index (χ1v) is 8.74. The van der Waals surface area contributed by atoms with Crippen molar-refractivity contribution in [2.45, 2.75) is 13.5 Å². The van der Waals surface area contributed by atoms with Gasteiger partial charge in [0.2, 0.25) is 0 Å². The van der Waals surface area contributed by atoms with Crippen molar-refractivity contribution in [3.63, 3.8) is 0 Å². The summed E-state index contributed by atoms with van der Waals surface area (Å²) in [6.45, 7) is 2.24. The SMILES string of the molecule is Cc1nc(-c2ccccc2Cl)sc1CNC(=O)Nc1ccc(F)cc1. The molecule has 2 amide bonds. The first-order valence-electron chi connectivity index (χ1n) is 7.54. The van der Waals surface area contributed by atoms with Gasteiger partial charge in [-0.3, -0.25) is 0 Å². The van der Waals surface area contributed by atoms with Crippen LogP contribution in [0.1, 0.15) is 10.6 Å². The van der Waals surface area contributed by atoms with Gasteiger partial charge in [-0.1, -0.05) is 29.8 Å². The van der Waals surface area contributed by atoms with Gasteiger partial charge in [-0.15, -0.1) is 11.3 Å². The van der Waals surface area contributed by atoms with Crippen LogP contribution < -0.4 is 10.6 Å². The number of amides is 2. The molecule has 3 rings (SSSR count). The van der Waals surface area contributed by atoms with Crippen LogP contribution in [0.3, 0.4) is 0 Å². The van der Waals surface area contributed by atoms with Crippen molar-refractivity contribution >= 4 is 34.7 Å². The van der Waals surface area contributed by atoms with Gasteiger partial charge in [0.15, 0.2) is 0 Å². The zero-order valence-corrected chi connectivity index (χ0v) is 14.9. The third-order valence-electron chi connectivity index (χ3n) is 3.51. The Balaban J connectivity index is 1.64. The Morgan fingerprint density at radius 2 is 1.92 bits per heavy atom. The Morgan fingerprint density at radius 3 is 2.64 bits per heavy atom. The molecule has 0 aliphatic carbocycles. The average molecular weight is 376 g/mol. The molecule has 0 radical (unpaired) electrons. The maximum Gasteiger partial charge on any atom is 0.319 e. The Hall–Kier alpha value is -2.44. The van der Waals surface area contributed by atoms with Gasteiger partial charge in [0.05, 0.1) is 17.3 Å². The number of rotatable bonds is 4. The van der Waals surface area contributed by atoms with Crippen LogP contribution in [0.5, 0.6) is 0 Å². The average Bonchev–Trinajstić information content (AvgIpc) is 2.96. The highest BCUT2D eigenvalue weighted by atomic mass is 35.5. The molecule has 0 aliphatic heterocycles. The van der Waals surface area contributed by atoms with Crippen LogP contribution in [-0.4, -0.2) is 11.0 Å². The number of aromatic nitrogens is 1. The monoisotopic (exact) mass is 375 g/mol. The fourth-order valence-electron chi connectivity index (χ4n) is 2.21. The van der Waals surface area contributed by atoms with E-state index in [1.165, 1.54) is 35.6 Å². The summed E-state index contributed by atoms with van der Waals surface area (Å²) in [5.74, 6) is -0.349. The molecule has 2 N–H and O–H groups in total. The van der Waals surface area contributed by atoms with Crippen LogP contribution in [0.4, 0.5) is 14.9 Å². The summed E-state index contributed by atoms with van der Waals surface area (Å²) in [5.41, 5.74) is 2.25. The predicted molar refractivity (Wildman–Crippen MR) is 99.6 cm³/mol. The van der Waals surface area contributed by atoms with Crippen LogP contribution in [0.2, 0.25) is 5.02 Å². The summed E-state index contributed by atoms with van der Waals surface area (Å²) >= 11 is 7.70. The number of halogens is 2. The number of anilines is 1. The maximum absolute atomic E-state index is 12.9. The Bertz CT molecular complexity index is 896. The van der Waals surface area contributed by atoms with Gasteiger partial charge in [-0.05, 0) is 37.3 Å². The van der Waals surface area contributed by atoms with Crippen molar-refractivity contribution in [3.8, 4) is 10.6 Å². The molecular weight excluding hydrogens is 361 g/mol. The van der Waals surface area contributed by atoms with Gasteiger partial charge in [-0.2, -0.15) is 0 Å². The second-order valence-electron chi connectivity index (χ2n) is 5.32. The fraction of sp³-hybridized carbons (Fsp3) is 0.111. The van der Waals surface area contributed by atoms with Gasteiger partial charge in [0.25, 0.3) is 0 Å². The molecule has 1 heterocycles. The van der Waals surface area contributed by atoms with E-state index >= 15 is 0 Å². The normalized spacial score (nSPS) is 10.5. The molecule has 128 valence electrons. The quantitative estimate of drug-likeness (QED) is 0.655. The molecule has 0 fully saturated rings. The highest BCUT2D eigenvalue weighted by Gasteiger charge is 2.12. The first kappa shape index (κ1) is 17.4. The maximum atomic E-state index is 12.9. The van der Waals surface area contributed by atoms with Gasteiger partial charge in [0, 0.05) is 16.1 Å². The molecule has 0 saturated heterocycles. The molecule has 0 bridgehead atoms. The summed E-state index contributed by atoms with van der Waals surface area (Å²) < 4.78 is 12.9. The predicted octanol–water partition coefficient (Wildman–Crippen LogP) is 5.23. The minimum Gasteiger partial charge on any atom is -0.333 e. The van der Waals surface area contributed by atoms with Crippen LogP contribution in [-0.2, 0) is 6.54 Å². The van der Waals surface area contributed by atoms with Crippen molar-refractivity contribution < 1.29 is 9.18 Å². The van der Waals surface area contributed by atoms with Crippen molar-refractivity contribution in [1.29, 1.82) is 0 Å². The number of hydrogen-bond acceptors (Lipinski definition) is 3. The molecule has 0 spiro atoms. The minimum absolute atomic E-state index is 0.348. The van der Waals surface area contributed by atoms with Crippen molar-refractivity contribution in [3.05, 3.63) is 69.9 Å². The molecule has 0 aliphatic rings. The number of carbonyl (C=O) groups excluding carboxylic acids is 1. The van der Waals surface area contributed by atoms with Crippen molar-refractivity contribution in [1.82, 2.24) is 10.3 Å². The Morgan fingerprint density at radius 1 is 1.20 bits per heavy atom. The molecule has 0 atom stereocenters. The van der Waals surface area contributed by atoms with E-state index in [0.717, 1.165) is 21.1 Å². The van der Waals surface area contributed by atoms with Gasteiger partial charge >= 0.3 is 6.03 Å². The van der Waals surface area contributed by atoms with Crippen molar-refractivity contribution in [2.24, 2.45) is 0 Å². The number of benzene rings is 2. The summed E-state index contributed by atoms with van der Waals surface area (Å²) in [4.78, 5) is 17.4. The van der Waals surface area contributed by atoms with Gasteiger partial charge < -0.3 is 10.6 Å². The van der Waals surface area contributed by atoms with E-state index in [-0.39, 0.29) is 11.8 Å². The Kier molecular flexibility index (Phi) is 5.31. The van der Waals surface area contributed by atoms with E-state index < -0.39 is 0 Å². The number of nitrogens with one attached hydrogen (secondary N) is 2. The number of hydrogen-bond donors (Lipinski definition) is 2. The standard InChI is InChI=1S/C18H15ClFN3OS/c1-11-16(25-17(22-11)14-4-2-3-5-15(14)19)10-21-18(24)23-13-8-6-12(20)7-9-13/h2-9H,10H2,1H3,(H2,21,23,24). The van der Waals surface area contributed by atoms with Crippen LogP contribution in [0.15, 0.2) is 48.5 Å². The lowest BCUT2D eigenvalue weighted by molar-refractivity contribution is 0.252. The number of urea groups is 1. The molecule has 4 nitrogen and oxygen atoms in total. The molecule has 25 heavy (non-hydrogen) atoms. The van der Waals surface area contributed by atoms with Gasteiger partial charge in [0.1, 0.15) is 10.8 Å². The highest BCUT2D eigenvalue weighted by molar-refractivity contribution is 7.15. The topological polar surface area (TPSA) is 54.0 Å². The third-order valence-corrected chi connectivity index (χ3v) is 5.03. The highest BCUT2D eigenvalue weighted by Crippen LogP contribution is 2.32. The zero-order chi connectivity index (χ0) is 17.8. The molecule has 0 unspecified atom stereocenters. The van der Waals surface area contributed by atoms with E-state index in [0.29, 0.717) is 17.3 Å². The van der Waals surface area contributed by atoms with E-state index in [2.05, 4.69) is 15.6 Å². The van der Waals surface area contributed by atoms with Crippen LogP contribution >= 0.6 is 22.9 Å². The minimum atomic E-state index is -0.362. The lowest BCUT2D eigenvalue weighted by atomic mass is 10.2. The number of carbonyl (C=O) groups is 1. The number of nitrogens with zero attached hydrogens (tertiary/aromatic N) is 1. The second-order valence-corrected chi connectivity index (χ2v) is 6.81. The van der Waals surface area contributed by atoms with Crippen molar-refractivity contribution in [2.75, 3.05) is 5.32 Å². The summed E-state index contributed by atoms with van der Waals surface area (Å²) in [5, 5.41) is 6.89. The smallest absolute Gasteiger partial charge is 0.319 e. The van der Waals surface area contributed by atoms with E-state index in [9.17, 15) is 9.18 Å². The molecule has 7 heteroatoms. The second kappa shape index (κ2) is 7.63. The van der Waals surface area contributed by atoms with E-state index in [1.807, 2.05) is 31.2 Å². The Labute approximate surface area is 153 Å². The molecule has 3 aromatic rings. The van der Waals surface area contributed by atoms with E-state index in [4.69, 9.17) is 11.6 Å². The molecule has 1 aromatic heterocycles. The van der Waals surface area contributed by atoms with Crippen LogP contribution in [0, 0.1) is 12.7 Å². The van der Waals surface area contributed by atoms with Crippen LogP contribution in [0.25, 0.3) is 10.6 Å². The summed E-state index contributed by atoms with van der Waals surface area (Å²) in [6, 6.07) is 12.7. The number of thiazole rings is 1.